The van der Waals surface area contributed by atoms with E-state index in [1.54, 1.807) is 0 Å². The first-order valence-electron chi connectivity index (χ1n) is 6.65. The Morgan fingerprint density at radius 3 is 2.50 bits per heavy atom. The lowest BCUT2D eigenvalue weighted by molar-refractivity contribution is 0.263. The van der Waals surface area contributed by atoms with Crippen LogP contribution in [0.4, 0.5) is 4.39 Å². The molecule has 9 heteroatoms. The average molecular weight is 392 g/mol. The van der Waals surface area contributed by atoms with Gasteiger partial charge in [0.15, 0.2) is 0 Å². The van der Waals surface area contributed by atoms with Crippen LogP contribution >= 0.6 is 35.6 Å². The van der Waals surface area contributed by atoms with Crippen LogP contribution in [0, 0.1) is 11.7 Å². The maximum atomic E-state index is 13.2. The largest absolute Gasteiger partial charge is 0.319 e. The third kappa shape index (κ3) is 4.24. The third-order valence-corrected chi connectivity index (χ3v) is 6.32. The molecule has 0 saturated carbocycles. The highest BCUT2D eigenvalue weighted by Gasteiger charge is 2.33. The fraction of sp³-hybridized carbons (Fsp3) is 0.538. The van der Waals surface area contributed by atoms with Crippen LogP contribution in [0.25, 0.3) is 0 Å². The molecule has 126 valence electrons. The summed E-state index contributed by atoms with van der Waals surface area (Å²) in [6, 6.07) is 1.94. The molecule has 1 atom stereocenters. The van der Waals surface area contributed by atoms with Gasteiger partial charge in [0.25, 0.3) is 0 Å². The van der Waals surface area contributed by atoms with Crippen molar-refractivity contribution in [2.75, 3.05) is 26.7 Å². The second kappa shape index (κ2) is 8.13. The lowest BCUT2D eigenvalue weighted by Gasteiger charge is -2.32. The van der Waals surface area contributed by atoms with Crippen molar-refractivity contribution in [1.82, 2.24) is 9.62 Å². The van der Waals surface area contributed by atoms with Crippen molar-refractivity contribution in [3.63, 3.8) is 0 Å². The topological polar surface area (TPSA) is 49.4 Å². The summed E-state index contributed by atoms with van der Waals surface area (Å²) in [4.78, 5) is -0.211. The van der Waals surface area contributed by atoms with Gasteiger partial charge in [-0.2, -0.15) is 4.31 Å². The van der Waals surface area contributed by atoms with Crippen molar-refractivity contribution in [3.8, 4) is 0 Å². The molecule has 1 unspecified atom stereocenters. The molecular formula is C13H18Cl3FN2O2S. The summed E-state index contributed by atoms with van der Waals surface area (Å²) in [5.41, 5.74) is 0. The normalized spacial score (nSPS) is 19.7. The molecule has 0 spiro atoms. The molecule has 0 bridgehead atoms. The number of benzene rings is 1. The standard InChI is InChI=1S/C13H17Cl2FN2O2S.ClH/c1-17-7-9-3-2-4-18(8-9)21(19,20)13-11(14)5-10(16)6-12(13)15;/h5-6,9,17H,2-4,7-8H2,1H3;1H. The summed E-state index contributed by atoms with van der Waals surface area (Å²) >= 11 is 11.8. The maximum absolute atomic E-state index is 13.2. The van der Waals surface area contributed by atoms with Crippen LogP contribution in [0.3, 0.4) is 0 Å². The van der Waals surface area contributed by atoms with E-state index in [1.807, 2.05) is 7.05 Å². The Labute approximate surface area is 146 Å². The number of halogens is 4. The molecule has 0 amide bonds. The van der Waals surface area contributed by atoms with Crippen LogP contribution in [0.1, 0.15) is 12.8 Å². The summed E-state index contributed by atoms with van der Waals surface area (Å²) in [6.45, 7) is 1.58. The molecule has 2 rings (SSSR count). The van der Waals surface area contributed by atoms with E-state index in [4.69, 9.17) is 23.2 Å². The second-order valence-electron chi connectivity index (χ2n) is 5.13. The summed E-state index contributed by atoms with van der Waals surface area (Å²) in [7, 11) is -1.98. The first-order chi connectivity index (χ1) is 9.86. The van der Waals surface area contributed by atoms with Gasteiger partial charge in [-0.1, -0.05) is 23.2 Å². The van der Waals surface area contributed by atoms with Crippen molar-refractivity contribution < 1.29 is 12.8 Å². The average Bonchev–Trinajstić information content (AvgIpc) is 2.37. The molecule has 1 aromatic rings. The van der Waals surface area contributed by atoms with Gasteiger partial charge in [-0.3, -0.25) is 0 Å². The van der Waals surface area contributed by atoms with Gasteiger partial charge < -0.3 is 5.32 Å². The predicted octanol–water partition coefficient (Wildman–Crippen LogP) is 3.17. The van der Waals surface area contributed by atoms with Gasteiger partial charge in [-0.25, -0.2) is 12.8 Å². The van der Waals surface area contributed by atoms with Crippen LogP contribution in [0.2, 0.25) is 10.0 Å². The smallest absolute Gasteiger partial charge is 0.246 e. The number of rotatable bonds is 4. The number of nitrogens with zero attached hydrogens (tertiary/aromatic N) is 1. The quantitative estimate of drug-likeness (QED) is 0.857. The van der Waals surface area contributed by atoms with Gasteiger partial charge in [0.1, 0.15) is 10.7 Å². The van der Waals surface area contributed by atoms with E-state index in [-0.39, 0.29) is 33.3 Å². The van der Waals surface area contributed by atoms with Crippen LogP contribution < -0.4 is 5.32 Å². The van der Waals surface area contributed by atoms with E-state index in [0.717, 1.165) is 31.5 Å². The molecule has 1 fully saturated rings. The number of nitrogens with one attached hydrogen (secondary N) is 1. The van der Waals surface area contributed by atoms with Gasteiger partial charge in [0.05, 0.1) is 10.0 Å². The Kier molecular flexibility index (Phi) is 7.36. The van der Waals surface area contributed by atoms with Crippen molar-refractivity contribution in [3.05, 3.63) is 28.0 Å². The fourth-order valence-electron chi connectivity index (χ4n) is 2.60. The first kappa shape index (κ1) is 19.9. The molecule has 1 N–H and O–H groups in total. The number of sulfonamides is 1. The number of hydrogen-bond acceptors (Lipinski definition) is 3. The van der Waals surface area contributed by atoms with Crippen molar-refractivity contribution in [2.24, 2.45) is 5.92 Å². The summed E-state index contributed by atoms with van der Waals surface area (Å²) in [5, 5.41) is 2.69. The molecule has 4 nitrogen and oxygen atoms in total. The second-order valence-corrected chi connectivity index (χ2v) is 7.82. The Balaban J connectivity index is 0.00000242. The summed E-state index contributed by atoms with van der Waals surface area (Å²) in [6.07, 6.45) is 1.75. The minimum absolute atomic E-state index is 0. The lowest BCUT2D eigenvalue weighted by Crippen LogP contribution is -2.42. The zero-order chi connectivity index (χ0) is 15.6. The minimum atomic E-state index is -3.82. The van der Waals surface area contributed by atoms with Gasteiger partial charge in [-0.05, 0) is 44.5 Å². The van der Waals surface area contributed by atoms with Gasteiger partial charge in [0.2, 0.25) is 10.0 Å². The Morgan fingerprint density at radius 1 is 1.36 bits per heavy atom. The van der Waals surface area contributed by atoms with Gasteiger partial charge in [0, 0.05) is 13.1 Å². The monoisotopic (exact) mass is 390 g/mol. The van der Waals surface area contributed by atoms with E-state index in [1.165, 1.54) is 4.31 Å². The van der Waals surface area contributed by atoms with Crippen molar-refractivity contribution in [1.29, 1.82) is 0 Å². The molecule has 1 saturated heterocycles. The Morgan fingerprint density at radius 2 is 1.95 bits per heavy atom. The molecule has 0 radical (unpaired) electrons. The van der Waals surface area contributed by atoms with Crippen LogP contribution in [0.15, 0.2) is 17.0 Å². The molecule has 22 heavy (non-hydrogen) atoms. The van der Waals surface area contributed by atoms with E-state index < -0.39 is 15.8 Å². The van der Waals surface area contributed by atoms with Crippen LogP contribution in [0.5, 0.6) is 0 Å². The fourth-order valence-corrected chi connectivity index (χ4v) is 5.30. The van der Waals surface area contributed by atoms with Crippen LogP contribution in [-0.2, 0) is 10.0 Å². The zero-order valence-electron chi connectivity index (χ0n) is 12.0. The van der Waals surface area contributed by atoms with E-state index in [2.05, 4.69) is 5.32 Å². The molecule has 1 heterocycles. The molecule has 0 aliphatic carbocycles. The van der Waals surface area contributed by atoms with Crippen LogP contribution in [-0.4, -0.2) is 39.4 Å². The predicted molar refractivity (Wildman–Crippen MR) is 89.1 cm³/mol. The summed E-state index contributed by atoms with van der Waals surface area (Å²) < 4.78 is 40.0. The van der Waals surface area contributed by atoms with E-state index in [0.29, 0.717) is 13.1 Å². The molecule has 1 aromatic carbocycles. The van der Waals surface area contributed by atoms with Crippen molar-refractivity contribution in [2.45, 2.75) is 17.7 Å². The third-order valence-electron chi connectivity index (χ3n) is 3.54. The number of piperidine rings is 1. The van der Waals surface area contributed by atoms with E-state index >= 15 is 0 Å². The van der Waals surface area contributed by atoms with Gasteiger partial charge >= 0.3 is 0 Å². The minimum Gasteiger partial charge on any atom is -0.319 e. The van der Waals surface area contributed by atoms with E-state index in [9.17, 15) is 12.8 Å². The zero-order valence-corrected chi connectivity index (χ0v) is 15.1. The Bertz CT molecular complexity index is 603. The van der Waals surface area contributed by atoms with Crippen molar-refractivity contribution >= 4 is 45.6 Å². The number of hydrogen-bond donors (Lipinski definition) is 1. The maximum Gasteiger partial charge on any atom is 0.246 e. The molecule has 1 aliphatic rings. The molecular weight excluding hydrogens is 374 g/mol. The Hall–Kier alpha value is -0.110. The highest BCUT2D eigenvalue weighted by atomic mass is 35.5. The highest BCUT2D eigenvalue weighted by Crippen LogP contribution is 2.34. The molecule has 0 aromatic heterocycles. The van der Waals surface area contributed by atoms with Gasteiger partial charge in [-0.15, -0.1) is 12.4 Å². The first-order valence-corrected chi connectivity index (χ1v) is 8.85. The molecule has 1 aliphatic heterocycles. The highest BCUT2D eigenvalue weighted by molar-refractivity contribution is 7.89. The lowest BCUT2D eigenvalue weighted by atomic mass is 10.00. The SMILES string of the molecule is CNCC1CCCN(S(=O)(=O)c2c(Cl)cc(F)cc2Cl)C1.Cl. The summed E-state index contributed by atoms with van der Waals surface area (Å²) in [5.74, 6) is -0.410.